The van der Waals surface area contributed by atoms with E-state index in [9.17, 15) is 13.6 Å². The van der Waals surface area contributed by atoms with E-state index in [1.165, 1.54) is 19.1 Å². The smallest absolute Gasteiger partial charge is 0.337 e. The van der Waals surface area contributed by atoms with Crippen LogP contribution < -0.4 is 4.74 Å². The molecule has 0 spiro atoms. The number of aromatic carboxylic acids is 1. The second-order valence-electron chi connectivity index (χ2n) is 3.76. The second-order valence-corrected chi connectivity index (χ2v) is 3.76. The summed E-state index contributed by atoms with van der Waals surface area (Å²) >= 11 is 0. The molecule has 0 bridgehead atoms. The summed E-state index contributed by atoms with van der Waals surface area (Å²) in [4.78, 5) is 14.7. The van der Waals surface area contributed by atoms with Gasteiger partial charge in [0.1, 0.15) is 5.82 Å². The number of rotatable bonds is 3. The van der Waals surface area contributed by atoms with Gasteiger partial charge in [-0.3, -0.25) is 0 Å². The Balaban J connectivity index is 2.29. The molecule has 1 heterocycles. The maximum atomic E-state index is 13.4. The molecular formula is C13H9F2NO3. The lowest BCUT2D eigenvalue weighted by atomic mass is 10.2. The highest BCUT2D eigenvalue weighted by atomic mass is 19.1. The van der Waals surface area contributed by atoms with Gasteiger partial charge < -0.3 is 9.84 Å². The van der Waals surface area contributed by atoms with Gasteiger partial charge in [0.15, 0.2) is 11.6 Å². The predicted octanol–water partition coefficient (Wildman–Crippen LogP) is 3.16. The normalized spacial score (nSPS) is 10.3. The zero-order valence-corrected chi connectivity index (χ0v) is 9.85. The van der Waals surface area contributed by atoms with Gasteiger partial charge in [-0.2, -0.15) is 0 Å². The molecule has 0 atom stereocenters. The zero-order chi connectivity index (χ0) is 14.0. The van der Waals surface area contributed by atoms with Crippen LogP contribution in [0.25, 0.3) is 0 Å². The van der Waals surface area contributed by atoms with Crippen LogP contribution in [0, 0.1) is 18.6 Å². The first-order valence-electron chi connectivity index (χ1n) is 5.31. The van der Waals surface area contributed by atoms with Crippen molar-refractivity contribution in [3.63, 3.8) is 0 Å². The Hall–Kier alpha value is -2.50. The Morgan fingerprint density at radius 3 is 2.58 bits per heavy atom. The topological polar surface area (TPSA) is 59.4 Å². The van der Waals surface area contributed by atoms with Crippen molar-refractivity contribution in [1.82, 2.24) is 4.98 Å². The van der Waals surface area contributed by atoms with E-state index in [0.29, 0.717) is 6.07 Å². The minimum absolute atomic E-state index is 0.0342. The average Bonchev–Trinajstić information content (AvgIpc) is 2.32. The van der Waals surface area contributed by atoms with E-state index in [-0.39, 0.29) is 22.9 Å². The van der Waals surface area contributed by atoms with Crippen LogP contribution in [0.15, 0.2) is 30.3 Å². The first kappa shape index (κ1) is 12.9. The Bertz CT molecular complexity index is 644. The van der Waals surface area contributed by atoms with Gasteiger partial charge in [-0.05, 0) is 25.1 Å². The molecule has 19 heavy (non-hydrogen) atoms. The summed E-state index contributed by atoms with van der Waals surface area (Å²) in [7, 11) is 0. The zero-order valence-electron chi connectivity index (χ0n) is 9.85. The molecule has 98 valence electrons. The number of aryl methyl sites for hydroxylation is 1. The third kappa shape index (κ3) is 2.85. The van der Waals surface area contributed by atoms with Crippen molar-refractivity contribution in [2.24, 2.45) is 0 Å². The summed E-state index contributed by atoms with van der Waals surface area (Å²) in [6, 6.07) is 5.48. The number of carboxylic acids is 1. The molecule has 0 aliphatic rings. The van der Waals surface area contributed by atoms with E-state index >= 15 is 0 Å². The van der Waals surface area contributed by atoms with Gasteiger partial charge in [0.05, 0.1) is 11.3 Å². The minimum Gasteiger partial charge on any atom is -0.478 e. The van der Waals surface area contributed by atoms with E-state index in [4.69, 9.17) is 9.84 Å². The van der Waals surface area contributed by atoms with Crippen molar-refractivity contribution in [3.8, 4) is 11.6 Å². The SMILES string of the molecule is Cc1nc(Oc2ccc(F)cc2F)ccc1C(=O)O. The molecule has 6 heteroatoms. The van der Waals surface area contributed by atoms with Gasteiger partial charge in [0.25, 0.3) is 0 Å². The first-order chi connectivity index (χ1) is 8.97. The van der Waals surface area contributed by atoms with Crippen molar-refractivity contribution >= 4 is 5.97 Å². The van der Waals surface area contributed by atoms with Gasteiger partial charge >= 0.3 is 5.97 Å². The van der Waals surface area contributed by atoms with Gasteiger partial charge in [0.2, 0.25) is 5.88 Å². The highest BCUT2D eigenvalue weighted by molar-refractivity contribution is 5.88. The molecule has 0 saturated carbocycles. The molecule has 0 amide bonds. The lowest BCUT2D eigenvalue weighted by Gasteiger charge is -2.07. The Kier molecular flexibility index (Phi) is 3.41. The molecular weight excluding hydrogens is 256 g/mol. The maximum absolute atomic E-state index is 13.4. The summed E-state index contributed by atoms with van der Waals surface area (Å²) in [6.45, 7) is 1.50. The molecule has 2 aromatic rings. The third-order valence-electron chi connectivity index (χ3n) is 2.40. The van der Waals surface area contributed by atoms with Crippen LogP contribution in [-0.4, -0.2) is 16.1 Å². The Morgan fingerprint density at radius 2 is 2.00 bits per heavy atom. The number of nitrogens with zero attached hydrogens (tertiary/aromatic N) is 1. The van der Waals surface area contributed by atoms with E-state index in [0.717, 1.165) is 12.1 Å². The van der Waals surface area contributed by atoms with Crippen LogP contribution >= 0.6 is 0 Å². The monoisotopic (exact) mass is 265 g/mol. The lowest BCUT2D eigenvalue weighted by Crippen LogP contribution is -2.02. The average molecular weight is 265 g/mol. The number of benzene rings is 1. The van der Waals surface area contributed by atoms with Crippen LogP contribution in [0.2, 0.25) is 0 Å². The van der Waals surface area contributed by atoms with Crippen molar-refractivity contribution in [2.45, 2.75) is 6.92 Å². The summed E-state index contributed by atoms with van der Waals surface area (Å²) in [5.74, 6) is -2.83. The van der Waals surface area contributed by atoms with Crippen LogP contribution in [0.1, 0.15) is 16.1 Å². The number of carboxylic acid groups (broad SMARTS) is 1. The van der Waals surface area contributed by atoms with Crippen molar-refractivity contribution in [3.05, 3.63) is 53.2 Å². The highest BCUT2D eigenvalue weighted by Gasteiger charge is 2.11. The Morgan fingerprint density at radius 1 is 1.26 bits per heavy atom. The standard InChI is InChI=1S/C13H9F2NO3/c1-7-9(13(17)18)3-5-12(16-7)19-11-4-2-8(14)6-10(11)15/h2-6H,1H3,(H,17,18). The fourth-order valence-corrected chi connectivity index (χ4v) is 1.49. The number of halogens is 2. The van der Waals surface area contributed by atoms with Crippen LogP contribution in [0.3, 0.4) is 0 Å². The molecule has 0 fully saturated rings. The third-order valence-corrected chi connectivity index (χ3v) is 2.40. The summed E-state index contributed by atoms with van der Waals surface area (Å²) < 4.78 is 31.2. The lowest BCUT2D eigenvalue weighted by molar-refractivity contribution is 0.0695. The molecule has 0 saturated heterocycles. The minimum atomic E-state index is -1.11. The van der Waals surface area contributed by atoms with Gasteiger partial charge in [-0.25, -0.2) is 18.6 Å². The largest absolute Gasteiger partial charge is 0.478 e. The highest BCUT2D eigenvalue weighted by Crippen LogP contribution is 2.24. The molecule has 4 nitrogen and oxygen atoms in total. The quantitative estimate of drug-likeness (QED) is 0.926. The van der Waals surface area contributed by atoms with E-state index in [1.807, 2.05) is 0 Å². The van der Waals surface area contributed by atoms with Crippen molar-refractivity contribution in [2.75, 3.05) is 0 Å². The van der Waals surface area contributed by atoms with Gasteiger partial charge in [-0.15, -0.1) is 0 Å². The molecule has 0 aliphatic carbocycles. The summed E-state index contributed by atoms with van der Waals surface area (Å²) in [5, 5.41) is 8.84. The summed E-state index contributed by atoms with van der Waals surface area (Å²) in [6.07, 6.45) is 0. The summed E-state index contributed by atoms with van der Waals surface area (Å²) in [5.41, 5.74) is 0.277. The van der Waals surface area contributed by atoms with E-state index < -0.39 is 17.6 Å². The van der Waals surface area contributed by atoms with E-state index in [1.54, 1.807) is 0 Å². The van der Waals surface area contributed by atoms with Crippen molar-refractivity contribution in [1.29, 1.82) is 0 Å². The fraction of sp³-hybridized carbons (Fsp3) is 0.0769. The predicted molar refractivity (Wildman–Crippen MR) is 62.4 cm³/mol. The molecule has 0 aliphatic heterocycles. The van der Waals surface area contributed by atoms with Gasteiger partial charge in [-0.1, -0.05) is 0 Å². The molecule has 0 unspecified atom stereocenters. The number of aromatic nitrogens is 1. The van der Waals surface area contributed by atoms with Gasteiger partial charge in [0, 0.05) is 12.1 Å². The number of ether oxygens (including phenoxy) is 1. The van der Waals surface area contributed by atoms with Crippen LogP contribution in [-0.2, 0) is 0 Å². The number of pyridine rings is 1. The molecule has 0 radical (unpaired) electrons. The van der Waals surface area contributed by atoms with Crippen LogP contribution in [0.4, 0.5) is 8.78 Å². The molecule has 2 rings (SSSR count). The maximum Gasteiger partial charge on any atom is 0.337 e. The number of hydrogen-bond acceptors (Lipinski definition) is 3. The number of carbonyl (C=O) groups is 1. The Labute approximate surface area is 107 Å². The molecule has 1 N–H and O–H groups in total. The first-order valence-corrected chi connectivity index (χ1v) is 5.31. The van der Waals surface area contributed by atoms with E-state index in [2.05, 4.69) is 4.98 Å². The molecule has 1 aromatic carbocycles. The second kappa shape index (κ2) is 5.01. The van der Waals surface area contributed by atoms with Crippen molar-refractivity contribution < 1.29 is 23.4 Å². The van der Waals surface area contributed by atoms with Crippen LogP contribution in [0.5, 0.6) is 11.6 Å². The fourth-order valence-electron chi connectivity index (χ4n) is 1.49. The number of hydrogen-bond donors (Lipinski definition) is 1. The molecule has 1 aromatic heterocycles.